The lowest BCUT2D eigenvalue weighted by Crippen LogP contribution is -2.29. The van der Waals surface area contributed by atoms with Crippen molar-refractivity contribution in [2.75, 3.05) is 41.0 Å². The van der Waals surface area contributed by atoms with Gasteiger partial charge in [-0.05, 0) is 36.8 Å². The van der Waals surface area contributed by atoms with Crippen LogP contribution in [0, 0.1) is 5.92 Å². The molecule has 2 unspecified atom stereocenters. The van der Waals surface area contributed by atoms with Gasteiger partial charge in [0.05, 0.1) is 19.4 Å². The minimum absolute atomic E-state index is 0.0586. The zero-order valence-corrected chi connectivity index (χ0v) is 17.8. The van der Waals surface area contributed by atoms with Crippen LogP contribution in [0.3, 0.4) is 0 Å². The van der Waals surface area contributed by atoms with Crippen molar-refractivity contribution in [2.24, 2.45) is 10.9 Å². The Hall–Kier alpha value is -3.26. The summed E-state index contributed by atoms with van der Waals surface area (Å²) in [6, 6.07) is 11.1. The fourth-order valence-electron chi connectivity index (χ4n) is 3.88. The first-order valence-corrected chi connectivity index (χ1v) is 10.1. The molecule has 2 heterocycles. The molecular formula is C23H25NO7. The predicted octanol–water partition coefficient (Wildman–Crippen LogP) is 3.17. The lowest BCUT2D eigenvalue weighted by molar-refractivity contribution is -0.145. The number of hydrogen-bond donors (Lipinski definition) is 0. The lowest BCUT2D eigenvalue weighted by Gasteiger charge is -2.21. The van der Waals surface area contributed by atoms with Gasteiger partial charge in [-0.1, -0.05) is 6.07 Å². The molecule has 2 aliphatic heterocycles. The zero-order valence-electron chi connectivity index (χ0n) is 17.8. The van der Waals surface area contributed by atoms with Gasteiger partial charge in [0.15, 0.2) is 18.3 Å². The number of aliphatic imine (C=N–C) groups is 1. The minimum atomic E-state index is -0.585. The number of rotatable bonds is 8. The van der Waals surface area contributed by atoms with Crippen LogP contribution in [0.5, 0.6) is 23.0 Å². The van der Waals surface area contributed by atoms with Crippen molar-refractivity contribution >= 4 is 11.7 Å². The standard InChI is InChI=1S/C23H25NO7/c1-4-28-23(25)21-17(14-5-8-18-20(9-14)31-13-30-18)11-24-22(21)16-7-6-15(27-3)10-19(16)29-12-26-2/h5-10,17,21H,4,11-13H2,1-3H3. The van der Waals surface area contributed by atoms with E-state index in [1.165, 1.54) is 0 Å². The van der Waals surface area contributed by atoms with Gasteiger partial charge >= 0.3 is 5.97 Å². The average molecular weight is 427 g/mol. The number of fused-ring (bicyclic) bond motifs is 1. The van der Waals surface area contributed by atoms with Crippen LogP contribution >= 0.6 is 0 Å². The largest absolute Gasteiger partial charge is 0.497 e. The highest BCUT2D eigenvalue weighted by Gasteiger charge is 2.41. The molecule has 2 aromatic carbocycles. The number of carbonyl (C=O) groups is 1. The molecule has 2 aromatic rings. The summed E-state index contributed by atoms with van der Waals surface area (Å²) in [7, 11) is 3.13. The van der Waals surface area contributed by atoms with Crippen LogP contribution in [0.15, 0.2) is 41.4 Å². The number of esters is 1. The maximum Gasteiger partial charge on any atom is 0.315 e. The van der Waals surface area contributed by atoms with Gasteiger partial charge in [0, 0.05) is 31.2 Å². The topological polar surface area (TPSA) is 84.8 Å². The molecule has 0 saturated carbocycles. The number of ether oxygens (including phenoxy) is 6. The maximum absolute atomic E-state index is 13.0. The quantitative estimate of drug-likeness (QED) is 0.473. The van der Waals surface area contributed by atoms with Crippen molar-refractivity contribution < 1.29 is 33.2 Å². The minimum Gasteiger partial charge on any atom is -0.497 e. The van der Waals surface area contributed by atoms with Crippen molar-refractivity contribution in [2.45, 2.75) is 12.8 Å². The molecule has 8 heteroatoms. The molecule has 0 fully saturated rings. The lowest BCUT2D eigenvalue weighted by atomic mass is 9.83. The summed E-state index contributed by atoms with van der Waals surface area (Å²) in [4.78, 5) is 17.8. The summed E-state index contributed by atoms with van der Waals surface area (Å²) in [5.74, 6) is 1.42. The summed E-state index contributed by atoms with van der Waals surface area (Å²) in [6.07, 6.45) is 0. The smallest absolute Gasteiger partial charge is 0.315 e. The first kappa shape index (κ1) is 21.0. The third kappa shape index (κ3) is 4.16. The van der Waals surface area contributed by atoms with E-state index in [0.29, 0.717) is 40.8 Å². The Labute approximate surface area is 180 Å². The van der Waals surface area contributed by atoms with E-state index < -0.39 is 5.92 Å². The van der Waals surface area contributed by atoms with Gasteiger partial charge in [-0.25, -0.2) is 0 Å². The molecule has 2 atom stereocenters. The van der Waals surface area contributed by atoms with Gasteiger partial charge in [-0.15, -0.1) is 0 Å². The normalized spacial score (nSPS) is 19.1. The second kappa shape index (κ2) is 9.26. The summed E-state index contributed by atoms with van der Waals surface area (Å²) in [6.45, 7) is 2.77. The van der Waals surface area contributed by atoms with E-state index in [0.717, 1.165) is 5.56 Å². The summed E-state index contributed by atoms with van der Waals surface area (Å²) in [5.41, 5.74) is 2.27. The van der Waals surface area contributed by atoms with E-state index in [9.17, 15) is 4.79 Å². The fraction of sp³-hybridized carbons (Fsp3) is 0.391. The van der Waals surface area contributed by atoms with Crippen LogP contribution in [-0.2, 0) is 14.3 Å². The SMILES string of the molecule is CCOC(=O)C1C(c2ccc(OC)cc2OCOC)=NCC1c1ccc2c(c1)OCO2. The Balaban J connectivity index is 1.71. The Morgan fingerprint density at radius 1 is 1.13 bits per heavy atom. The molecule has 0 bridgehead atoms. The van der Waals surface area contributed by atoms with Crippen LogP contribution in [-0.4, -0.2) is 52.6 Å². The van der Waals surface area contributed by atoms with Crippen LogP contribution in [0.2, 0.25) is 0 Å². The second-order valence-corrected chi connectivity index (χ2v) is 7.09. The predicted molar refractivity (Wildman–Crippen MR) is 112 cm³/mol. The number of hydrogen-bond acceptors (Lipinski definition) is 8. The zero-order chi connectivity index (χ0) is 21.8. The second-order valence-electron chi connectivity index (χ2n) is 7.09. The molecule has 8 nitrogen and oxygen atoms in total. The Morgan fingerprint density at radius 2 is 1.97 bits per heavy atom. The molecule has 0 radical (unpaired) electrons. The van der Waals surface area contributed by atoms with E-state index >= 15 is 0 Å². The highest BCUT2D eigenvalue weighted by atomic mass is 16.7. The fourth-order valence-corrected chi connectivity index (χ4v) is 3.88. The van der Waals surface area contributed by atoms with Crippen molar-refractivity contribution in [1.82, 2.24) is 0 Å². The van der Waals surface area contributed by atoms with E-state index in [-0.39, 0.29) is 32.1 Å². The Bertz CT molecular complexity index is 988. The summed E-state index contributed by atoms with van der Waals surface area (Å²) < 4.78 is 32.5. The van der Waals surface area contributed by atoms with Gasteiger partial charge in [0.25, 0.3) is 0 Å². The van der Waals surface area contributed by atoms with Gasteiger partial charge in [-0.3, -0.25) is 9.79 Å². The van der Waals surface area contributed by atoms with Gasteiger partial charge in [-0.2, -0.15) is 0 Å². The van der Waals surface area contributed by atoms with E-state index in [1.807, 2.05) is 30.3 Å². The average Bonchev–Trinajstić information content (AvgIpc) is 3.44. The van der Waals surface area contributed by atoms with Crippen molar-refractivity contribution in [1.29, 1.82) is 0 Å². The molecule has 0 N–H and O–H groups in total. The maximum atomic E-state index is 13.0. The number of benzene rings is 2. The monoisotopic (exact) mass is 427 g/mol. The van der Waals surface area contributed by atoms with Gasteiger partial charge in [0.2, 0.25) is 6.79 Å². The molecule has 0 aliphatic carbocycles. The van der Waals surface area contributed by atoms with Crippen molar-refractivity contribution in [3.05, 3.63) is 47.5 Å². The number of methoxy groups -OCH3 is 2. The molecule has 4 rings (SSSR count). The van der Waals surface area contributed by atoms with Crippen LogP contribution in [0.25, 0.3) is 0 Å². The first-order valence-electron chi connectivity index (χ1n) is 10.1. The van der Waals surface area contributed by atoms with Gasteiger partial charge in [0.1, 0.15) is 17.4 Å². The van der Waals surface area contributed by atoms with Crippen molar-refractivity contribution in [3.8, 4) is 23.0 Å². The Kier molecular flexibility index (Phi) is 6.27. The van der Waals surface area contributed by atoms with E-state index in [1.54, 1.807) is 27.2 Å². The van der Waals surface area contributed by atoms with Crippen molar-refractivity contribution in [3.63, 3.8) is 0 Å². The molecule has 164 valence electrons. The number of carbonyl (C=O) groups excluding carboxylic acids is 1. The molecule has 31 heavy (non-hydrogen) atoms. The third-order valence-electron chi connectivity index (χ3n) is 5.32. The molecule has 2 aliphatic rings. The van der Waals surface area contributed by atoms with E-state index in [2.05, 4.69) is 0 Å². The molecule has 0 saturated heterocycles. The molecule has 0 aromatic heterocycles. The first-order chi connectivity index (χ1) is 15.2. The molecule has 0 amide bonds. The highest BCUT2D eigenvalue weighted by Crippen LogP contribution is 2.41. The van der Waals surface area contributed by atoms with Crippen LogP contribution < -0.4 is 18.9 Å². The summed E-state index contributed by atoms with van der Waals surface area (Å²) >= 11 is 0. The van der Waals surface area contributed by atoms with Crippen LogP contribution in [0.1, 0.15) is 24.0 Å². The number of nitrogens with zero attached hydrogens (tertiary/aromatic N) is 1. The third-order valence-corrected chi connectivity index (χ3v) is 5.32. The Morgan fingerprint density at radius 3 is 2.74 bits per heavy atom. The molecular weight excluding hydrogens is 402 g/mol. The molecule has 0 spiro atoms. The highest BCUT2D eigenvalue weighted by molar-refractivity contribution is 6.15. The van der Waals surface area contributed by atoms with Gasteiger partial charge < -0.3 is 28.4 Å². The van der Waals surface area contributed by atoms with E-state index in [4.69, 9.17) is 33.4 Å². The van der Waals surface area contributed by atoms with Crippen LogP contribution in [0.4, 0.5) is 0 Å². The summed E-state index contributed by atoms with van der Waals surface area (Å²) in [5, 5.41) is 0.